The maximum Gasteiger partial charge on any atom is 0.304 e. The lowest BCUT2D eigenvalue weighted by Crippen LogP contribution is -2.33. The van der Waals surface area contributed by atoms with E-state index in [4.69, 9.17) is 10.5 Å². The van der Waals surface area contributed by atoms with Crippen LogP contribution >= 0.6 is 0 Å². The van der Waals surface area contributed by atoms with Crippen molar-refractivity contribution in [2.75, 3.05) is 36.3 Å². The summed E-state index contributed by atoms with van der Waals surface area (Å²) in [5, 5.41) is 5.42. The summed E-state index contributed by atoms with van der Waals surface area (Å²) in [6.45, 7) is 4.91. The number of anilines is 2. The number of fused-ring (bicyclic) bond motifs is 1. The van der Waals surface area contributed by atoms with E-state index in [0.717, 1.165) is 42.5 Å². The van der Waals surface area contributed by atoms with Gasteiger partial charge in [0.25, 0.3) is 0 Å². The maximum absolute atomic E-state index is 12.8. The third-order valence-corrected chi connectivity index (χ3v) is 7.41. The van der Waals surface area contributed by atoms with Crippen molar-refractivity contribution in [3.05, 3.63) is 42.7 Å². The average Bonchev–Trinajstić information content (AvgIpc) is 3.30. The van der Waals surface area contributed by atoms with Crippen LogP contribution < -0.4 is 14.8 Å². The van der Waals surface area contributed by atoms with E-state index in [1.165, 1.54) is 14.8 Å². The van der Waals surface area contributed by atoms with Crippen molar-refractivity contribution in [2.45, 2.75) is 32.7 Å². The lowest BCUT2D eigenvalue weighted by Gasteiger charge is -2.20. The molecule has 4 rings (SSSR count). The molecule has 10 heteroatoms. The Kier molecular flexibility index (Phi) is 6.28. The van der Waals surface area contributed by atoms with Crippen LogP contribution in [0.3, 0.4) is 0 Å². The van der Waals surface area contributed by atoms with Crippen molar-refractivity contribution >= 4 is 32.6 Å². The van der Waals surface area contributed by atoms with Crippen LogP contribution in [-0.2, 0) is 16.8 Å². The Hall–Kier alpha value is -2.85. The molecule has 0 spiro atoms. The minimum absolute atomic E-state index is 0.310. The number of nitrogen functional groups attached to an aromatic ring is 1. The third kappa shape index (κ3) is 4.59. The summed E-state index contributed by atoms with van der Waals surface area (Å²) in [5.74, 6) is 1.14. The van der Waals surface area contributed by atoms with Crippen molar-refractivity contribution in [1.29, 1.82) is 0 Å². The summed E-state index contributed by atoms with van der Waals surface area (Å²) in [6.07, 6.45) is 5.93. The van der Waals surface area contributed by atoms with Crippen LogP contribution in [0.5, 0.6) is 5.75 Å². The van der Waals surface area contributed by atoms with Gasteiger partial charge in [0.2, 0.25) is 0 Å². The van der Waals surface area contributed by atoms with Crippen molar-refractivity contribution < 1.29 is 13.2 Å². The Morgan fingerprint density at radius 3 is 2.81 bits per heavy atom. The highest BCUT2D eigenvalue weighted by molar-refractivity contribution is 7.90. The van der Waals surface area contributed by atoms with Gasteiger partial charge in [-0.2, -0.15) is 17.8 Å². The number of hydrogen-bond donors (Lipinski definition) is 1. The maximum atomic E-state index is 12.8. The van der Waals surface area contributed by atoms with Gasteiger partial charge < -0.3 is 10.5 Å². The summed E-state index contributed by atoms with van der Waals surface area (Å²) in [4.78, 5) is 3.92. The monoisotopic (exact) mass is 444 g/mol. The summed E-state index contributed by atoms with van der Waals surface area (Å²) in [5.41, 5.74) is 7.35. The fourth-order valence-electron chi connectivity index (χ4n) is 3.82. The van der Waals surface area contributed by atoms with Gasteiger partial charge in [0.15, 0.2) is 0 Å². The van der Waals surface area contributed by atoms with Crippen LogP contribution in [-0.4, -0.2) is 53.7 Å². The largest absolute Gasteiger partial charge is 0.494 e. The van der Waals surface area contributed by atoms with E-state index in [9.17, 15) is 8.42 Å². The molecule has 2 aromatic heterocycles. The summed E-state index contributed by atoms with van der Waals surface area (Å²) >= 11 is 0. The topological polar surface area (TPSA) is 107 Å². The van der Waals surface area contributed by atoms with Crippen LogP contribution in [0.1, 0.15) is 26.2 Å². The first kappa shape index (κ1) is 21.4. The number of hydrogen-bond acceptors (Lipinski definition) is 6. The Bertz CT molecular complexity index is 1150. The molecule has 1 fully saturated rings. The molecule has 9 nitrogen and oxygen atoms in total. The molecule has 2 N–H and O–H groups in total. The van der Waals surface area contributed by atoms with Crippen LogP contribution in [0.2, 0.25) is 0 Å². The lowest BCUT2D eigenvalue weighted by molar-refractivity contribution is 0.302. The van der Waals surface area contributed by atoms with Gasteiger partial charge in [0.05, 0.1) is 24.0 Å². The predicted octanol–water partition coefficient (Wildman–Crippen LogP) is 2.65. The van der Waals surface area contributed by atoms with Crippen molar-refractivity contribution in [3.8, 4) is 5.75 Å². The minimum Gasteiger partial charge on any atom is -0.494 e. The second-order valence-electron chi connectivity index (χ2n) is 7.51. The fraction of sp³-hybridized carbons (Fsp3) is 0.429. The first-order valence-electron chi connectivity index (χ1n) is 10.6. The summed E-state index contributed by atoms with van der Waals surface area (Å²) in [6, 6.07) is 9.25. The molecule has 0 aliphatic carbocycles. The van der Waals surface area contributed by atoms with Gasteiger partial charge in [-0.3, -0.25) is 8.99 Å². The molecule has 3 aromatic rings. The number of unbranched alkanes of at least 4 members (excludes halogenated alkanes) is 2. The molecule has 0 amide bonds. The highest BCUT2D eigenvalue weighted by atomic mass is 32.2. The van der Waals surface area contributed by atoms with Gasteiger partial charge in [0, 0.05) is 43.8 Å². The SMILES string of the molecule is CCn1ncc2cc(OCCCCCN3CCN(c4ccnc(N)c4)S3(=O)=O)ccc21. The minimum atomic E-state index is -3.51. The summed E-state index contributed by atoms with van der Waals surface area (Å²) in [7, 11) is -3.51. The Labute approximate surface area is 182 Å². The van der Waals surface area contributed by atoms with E-state index < -0.39 is 10.2 Å². The van der Waals surface area contributed by atoms with E-state index in [1.54, 1.807) is 12.1 Å². The molecular weight excluding hydrogens is 416 g/mol. The van der Waals surface area contributed by atoms with Crippen LogP contribution in [0.25, 0.3) is 10.9 Å². The van der Waals surface area contributed by atoms with Gasteiger partial charge in [0.1, 0.15) is 11.6 Å². The molecule has 0 saturated carbocycles. The van der Waals surface area contributed by atoms with Crippen molar-refractivity contribution in [3.63, 3.8) is 0 Å². The Morgan fingerprint density at radius 1 is 1.13 bits per heavy atom. The van der Waals surface area contributed by atoms with Crippen molar-refractivity contribution in [1.82, 2.24) is 19.1 Å². The first-order chi connectivity index (χ1) is 15.0. The standard InChI is InChI=1S/C21H28N6O3S/c1-2-26-20-7-6-19(14-17(20)16-24-26)30-13-5-3-4-10-25-11-12-27(31(25,28)29)18-8-9-23-21(22)15-18/h6-9,14-16H,2-5,10-13H2,1H3,(H2,22,23). The molecule has 0 unspecified atom stereocenters. The van der Waals surface area contributed by atoms with E-state index >= 15 is 0 Å². The highest BCUT2D eigenvalue weighted by Crippen LogP contribution is 2.26. The van der Waals surface area contributed by atoms with Crippen molar-refractivity contribution in [2.24, 2.45) is 0 Å². The number of ether oxygens (including phenoxy) is 1. The number of pyridine rings is 1. The molecule has 1 aliphatic rings. The molecule has 1 aromatic carbocycles. The Balaban J connectivity index is 1.21. The van der Waals surface area contributed by atoms with Crippen LogP contribution in [0.15, 0.2) is 42.7 Å². The van der Waals surface area contributed by atoms with E-state index in [0.29, 0.717) is 37.7 Å². The number of rotatable bonds is 9. The molecular formula is C21H28N6O3S. The zero-order valence-electron chi connectivity index (χ0n) is 17.6. The number of benzene rings is 1. The quantitative estimate of drug-likeness (QED) is 0.509. The lowest BCUT2D eigenvalue weighted by atomic mass is 10.2. The molecule has 1 aliphatic heterocycles. The van der Waals surface area contributed by atoms with Gasteiger partial charge in [-0.1, -0.05) is 0 Å². The van der Waals surface area contributed by atoms with Gasteiger partial charge in [-0.05, 0) is 50.5 Å². The smallest absolute Gasteiger partial charge is 0.304 e. The molecule has 1 saturated heterocycles. The first-order valence-corrected chi connectivity index (χ1v) is 12.0. The third-order valence-electron chi connectivity index (χ3n) is 5.44. The average molecular weight is 445 g/mol. The number of aryl methyl sites for hydroxylation is 1. The number of nitrogens with zero attached hydrogens (tertiary/aromatic N) is 5. The van der Waals surface area contributed by atoms with Crippen LogP contribution in [0, 0.1) is 0 Å². The van der Waals surface area contributed by atoms with E-state index in [-0.39, 0.29) is 0 Å². The molecule has 0 radical (unpaired) electrons. The zero-order valence-corrected chi connectivity index (χ0v) is 18.5. The van der Waals surface area contributed by atoms with E-state index in [1.807, 2.05) is 29.1 Å². The van der Waals surface area contributed by atoms with Crippen LogP contribution in [0.4, 0.5) is 11.5 Å². The number of aromatic nitrogens is 3. The van der Waals surface area contributed by atoms with Gasteiger partial charge in [-0.15, -0.1) is 0 Å². The normalized spacial score (nSPS) is 16.2. The fourth-order valence-corrected chi connectivity index (χ4v) is 5.46. The number of nitrogens with two attached hydrogens (primary N) is 1. The Morgan fingerprint density at radius 2 is 2.00 bits per heavy atom. The second-order valence-corrected chi connectivity index (χ2v) is 9.36. The van der Waals surface area contributed by atoms with Gasteiger partial charge >= 0.3 is 10.2 Å². The summed E-state index contributed by atoms with van der Waals surface area (Å²) < 4.78 is 36.3. The van der Waals surface area contributed by atoms with E-state index in [2.05, 4.69) is 17.0 Å². The molecule has 166 valence electrons. The molecule has 3 heterocycles. The predicted molar refractivity (Wildman–Crippen MR) is 121 cm³/mol. The van der Waals surface area contributed by atoms with Gasteiger partial charge in [-0.25, -0.2) is 4.98 Å². The molecule has 0 atom stereocenters. The molecule has 0 bridgehead atoms. The highest BCUT2D eigenvalue weighted by Gasteiger charge is 2.36. The zero-order chi connectivity index (χ0) is 21.8. The second kappa shape index (κ2) is 9.11. The molecule has 31 heavy (non-hydrogen) atoms.